The van der Waals surface area contributed by atoms with Gasteiger partial charge in [-0.2, -0.15) is 0 Å². The molecule has 6 nitrogen and oxygen atoms in total. The van der Waals surface area contributed by atoms with E-state index in [0.29, 0.717) is 5.88 Å². The van der Waals surface area contributed by atoms with Crippen LogP contribution in [0.4, 0.5) is 0 Å². The van der Waals surface area contributed by atoms with E-state index in [1.165, 1.54) is 0 Å². The first-order valence-electron chi connectivity index (χ1n) is 10.1. The van der Waals surface area contributed by atoms with Gasteiger partial charge < -0.3 is 14.7 Å². The van der Waals surface area contributed by atoms with Crippen LogP contribution in [0.2, 0.25) is 0 Å². The van der Waals surface area contributed by atoms with Gasteiger partial charge in [0, 0.05) is 11.6 Å². The number of rotatable bonds is 10. The Kier molecular flexibility index (Phi) is 7.01. The number of hydrogen-bond acceptors (Lipinski definition) is 5. The van der Waals surface area contributed by atoms with Gasteiger partial charge in [-0.3, -0.25) is 0 Å². The number of fused-ring (bicyclic) bond motifs is 1. The molecular weight excluding hydrogens is 352 g/mol. The molecular formula is C22H30N4O2. The molecule has 1 N–H and O–H groups in total. The van der Waals surface area contributed by atoms with Gasteiger partial charge in [-0.25, -0.2) is 9.50 Å². The summed E-state index contributed by atoms with van der Waals surface area (Å²) in [6.45, 7) is 9.77. The Hall–Kier alpha value is -2.44. The van der Waals surface area contributed by atoms with Crippen molar-refractivity contribution in [2.75, 3.05) is 19.6 Å². The Morgan fingerprint density at radius 2 is 2.00 bits per heavy atom. The van der Waals surface area contributed by atoms with Crippen LogP contribution < -0.4 is 4.74 Å². The highest BCUT2D eigenvalue weighted by Gasteiger charge is 2.11. The van der Waals surface area contributed by atoms with Gasteiger partial charge in [0.1, 0.15) is 0 Å². The fourth-order valence-corrected chi connectivity index (χ4v) is 3.35. The Bertz CT molecular complexity index is 889. The first kappa shape index (κ1) is 20.3. The van der Waals surface area contributed by atoms with Crippen molar-refractivity contribution < 1.29 is 9.84 Å². The van der Waals surface area contributed by atoms with Crippen LogP contribution in [0.3, 0.4) is 0 Å². The molecule has 0 spiro atoms. The van der Waals surface area contributed by atoms with Crippen LogP contribution in [0, 0.1) is 0 Å². The van der Waals surface area contributed by atoms with E-state index in [1.54, 1.807) is 10.7 Å². The minimum Gasteiger partial charge on any atom is -0.474 e. The van der Waals surface area contributed by atoms with Crippen molar-refractivity contribution in [3.63, 3.8) is 0 Å². The van der Waals surface area contributed by atoms with Gasteiger partial charge in [0.2, 0.25) is 5.88 Å². The molecule has 0 fully saturated rings. The topological polar surface area (TPSA) is 62.9 Å². The van der Waals surface area contributed by atoms with Gasteiger partial charge in [0.15, 0.2) is 5.65 Å². The molecule has 2 aromatic heterocycles. The third kappa shape index (κ3) is 4.88. The Labute approximate surface area is 166 Å². The molecule has 3 aromatic rings. The van der Waals surface area contributed by atoms with E-state index in [2.05, 4.69) is 35.8 Å². The average molecular weight is 383 g/mol. The predicted octanol–water partition coefficient (Wildman–Crippen LogP) is 3.78. The normalized spacial score (nSPS) is 12.6. The number of nitrogens with zero attached hydrogens (tertiary/aromatic N) is 4. The zero-order chi connectivity index (χ0) is 19.9. The first-order valence-corrected chi connectivity index (χ1v) is 10.1. The molecule has 1 aromatic carbocycles. The standard InChI is InChI=1S/C22H30N4O2/c1-4-25(5-2)13-7-8-17(3)28-22-12-11-21-23-15-20(26(21)24-22)19-10-6-9-18(14-19)16-27/h6,9-12,14-15,17,27H,4-5,7-8,13,16H2,1-3H3. The lowest BCUT2D eigenvalue weighted by Crippen LogP contribution is -2.25. The van der Waals surface area contributed by atoms with Crippen molar-refractivity contribution in [1.29, 1.82) is 0 Å². The molecule has 0 saturated heterocycles. The van der Waals surface area contributed by atoms with Crippen LogP contribution in [0.15, 0.2) is 42.6 Å². The van der Waals surface area contributed by atoms with Gasteiger partial charge in [0.25, 0.3) is 0 Å². The summed E-state index contributed by atoms with van der Waals surface area (Å²) in [5, 5.41) is 14.0. The molecule has 150 valence electrons. The monoisotopic (exact) mass is 382 g/mol. The minimum atomic E-state index is 0.0113. The molecule has 6 heteroatoms. The van der Waals surface area contributed by atoms with Gasteiger partial charge in [0.05, 0.1) is 24.6 Å². The Morgan fingerprint density at radius 3 is 2.75 bits per heavy atom. The summed E-state index contributed by atoms with van der Waals surface area (Å²) in [6.07, 6.45) is 4.00. The third-order valence-corrected chi connectivity index (χ3v) is 5.04. The number of aromatic nitrogens is 3. The number of imidazole rings is 1. The zero-order valence-electron chi connectivity index (χ0n) is 17.0. The average Bonchev–Trinajstić information content (AvgIpc) is 3.14. The smallest absolute Gasteiger partial charge is 0.232 e. The summed E-state index contributed by atoms with van der Waals surface area (Å²) in [5.41, 5.74) is 3.48. The second-order valence-electron chi connectivity index (χ2n) is 7.04. The summed E-state index contributed by atoms with van der Waals surface area (Å²) in [6, 6.07) is 11.6. The molecule has 0 aliphatic heterocycles. The summed E-state index contributed by atoms with van der Waals surface area (Å²) in [5.74, 6) is 0.598. The summed E-state index contributed by atoms with van der Waals surface area (Å²) in [4.78, 5) is 6.86. The molecule has 0 saturated carbocycles. The minimum absolute atomic E-state index is 0.0113. The van der Waals surface area contributed by atoms with Crippen molar-refractivity contribution in [1.82, 2.24) is 19.5 Å². The molecule has 0 bridgehead atoms. The summed E-state index contributed by atoms with van der Waals surface area (Å²) in [7, 11) is 0. The summed E-state index contributed by atoms with van der Waals surface area (Å²) >= 11 is 0. The molecule has 28 heavy (non-hydrogen) atoms. The third-order valence-electron chi connectivity index (χ3n) is 5.04. The van der Waals surface area contributed by atoms with E-state index < -0.39 is 0 Å². The van der Waals surface area contributed by atoms with E-state index in [1.807, 2.05) is 36.4 Å². The first-order chi connectivity index (χ1) is 13.6. The van der Waals surface area contributed by atoms with Crippen LogP contribution >= 0.6 is 0 Å². The van der Waals surface area contributed by atoms with E-state index >= 15 is 0 Å². The van der Waals surface area contributed by atoms with Crippen LogP contribution in [0.25, 0.3) is 16.9 Å². The van der Waals surface area contributed by atoms with Crippen LogP contribution in [0.5, 0.6) is 5.88 Å². The van der Waals surface area contributed by atoms with Gasteiger partial charge in [-0.15, -0.1) is 5.10 Å². The van der Waals surface area contributed by atoms with Crippen molar-refractivity contribution >= 4 is 5.65 Å². The van der Waals surface area contributed by atoms with E-state index in [9.17, 15) is 5.11 Å². The van der Waals surface area contributed by atoms with Gasteiger partial charge in [-0.05, 0) is 57.1 Å². The number of aliphatic hydroxyl groups excluding tert-OH is 1. The quantitative estimate of drug-likeness (QED) is 0.578. The highest BCUT2D eigenvalue weighted by atomic mass is 16.5. The second-order valence-corrected chi connectivity index (χ2v) is 7.04. The second kappa shape index (κ2) is 9.66. The predicted molar refractivity (Wildman–Crippen MR) is 111 cm³/mol. The largest absolute Gasteiger partial charge is 0.474 e. The van der Waals surface area contributed by atoms with Crippen LogP contribution in [0.1, 0.15) is 39.2 Å². The highest BCUT2D eigenvalue weighted by Crippen LogP contribution is 2.23. The SMILES string of the molecule is CCN(CC)CCCC(C)Oc1ccc2ncc(-c3cccc(CO)c3)n2n1. The fraction of sp³-hybridized carbons (Fsp3) is 0.455. The van der Waals surface area contributed by atoms with Crippen molar-refractivity contribution in [2.45, 2.75) is 46.3 Å². The van der Waals surface area contributed by atoms with Crippen molar-refractivity contribution in [3.8, 4) is 17.1 Å². The molecule has 1 unspecified atom stereocenters. The lowest BCUT2D eigenvalue weighted by Gasteiger charge is -2.19. The maximum atomic E-state index is 9.39. The number of benzene rings is 1. The van der Waals surface area contributed by atoms with Gasteiger partial charge >= 0.3 is 0 Å². The maximum Gasteiger partial charge on any atom is 0.232 e. The van der Waals surface area contributed by atoms with E-state index in [-0.39, 0.29) is 12.7 Å². The highest BCUT2D eigenvalue weighted by molar-refractivity contribution is 5.63. The summed E-state index contributed by atoms with van der Waals surface area (Å²) < 4.78 is 7.86. The van der Waals surface area contributed by atoms with Crippen molar-refractivity contribution in [2.24, 2.45) is 0 Å². The molecule has 0 radical (unpaired) electrons. The van der Waals surface area contributed by atoms with Crippen LogP contribution in [-0.2, 0) is 6.61 Å². The van der Waals surface area contributed by atoms with Crippen molar-refractivity contribution in [3.05, 3.63) is 48.2 Å². The molecule has 2 heterocycles. The molecule has 3 rings (SSSR count). The fourth-order valence-electron chi connectivity index (χ4n) is 3.35. The molecule has 0 amide bonds. The molecule has 0 aliphatic carbocycles. The van der Waals surface area contributed by atoms with Gasteiger partial charge in [-0.1, -0.05) is 32.0 Å². The van der Waals surface area contributed by atoms with E-state index in [0.717, 1.165) is 54.9 Å². The Morgan fingerprint density at radius 1 is 1.18 bits per heavy atom. The number of aliphatic hydroxyl groups is 1. The zero-order valence-corrected chi connectivity index (χ0v) is 17.0. The van der Waals surface area contributed by atoms with E-state index in [4.69, 9.17) is 4.74 Å². The maximum absolute atomic E-state index is 9.39. The lowest BCUT2D eigenvalue weighted by molar-refractivity contribution is 0.186. The van der Waals surface area contributed by atoms with Crippen LogP contribution in [-0.4, -0.2) is 50.3 Å². The number of hydrogen-bond donors (Lipinski definition) is 1. The number of ether oxygens (including phenoxy) is 1. The molecule has 0 aliphatic rings. The molecule has 1 atom stereocenters. The lowest BCUT2D eigenvalue weighted by atomic mass is 10.1. The Balaban J connectivity index is 1.71.